The molecule has 1 heterocycles. The molecule has 0 amide bonds. The standard InChI is InChI=1S/C13H13NO3/c1-9-2-4-10(5-3-9)6-12-14-8-11(17-12)7-13(15)16/h2-5,8H,6-7H2,1H3,(H,15,16). The second kappa shape index (κ2) is 4.82. The molecule has 0 unspecified atom stereocenters. The van der Waals surface area contributed by atoms with E-state index in [0.717, 1.165) is 5.56 Å². The largest absolute Gasteiger partial charge is 0.481 e. The molecule has 0 radical (unpaired) electrons. The van der Waals surface area contributed by atoms with Crippen LogP contribution in [-0.2, 0) is 17.6 Å². The van der Waals surface area contributed by atoms with Crippen molar-refractivity contribution in [3.05, 3.63) is 53.2 Å². The smallest absolute Gasteiger partial charge is 0.311 e. The Labute approximate surface area is 98.9 Å². The highest BCUT2D eigenvalue weighted by molar-refractivity contribution is 5.69. The molecule has 88 valence electrons. The normalized spacial score (nSPS) is 10.4. The molecule has 0 aliphatic heterocycles. The first-order chi connectivity index (χ1) is 8.13. The summed E-state index contributed by atoms with van der Waals surface area (Å²) in [7, 11) is 0. The summed E-state index contributed by atoms with van der Waals surface area (Å²) in [6.07, 6.45) is 1.93. The number of carboxylic acids is 1. The van der Waals surface area contributed by atoms with Gasteiger partial charge in [-0.2, -0.15) is 0 Å². The molecule has 1 N–H and O–H groups in total. The van der Waals surface area contributed by atoms with Gasteiger partial charge in [-0.3, -0.25) is 4.79 Å². The third-order valence-corrected chi connectivity index (χ3v) is 2.40. The van der Waals surface area contributed by atoms with Crippen LogP contribution in [0.3, 0.4) is 0 Å². The Bertz CT molecular complexity index is 514. The van der Waals surface area contributed by atoms with Crippen LogP contribution >= 0.6 is 0 Å². The van der Waals surface area contributed by atoms with Crippen LogP contribution in [0.2, 0.25) is 0 Å². The van der Waals surface area contributed by atoms with E-state index in [1.54, 1.807) is 0 Å². The predicted octanol–water partition coefficient (Wildman–Crippen LogP) is 2.20. The minimum Gasteiger partial charge on any atom is -0.481 e. The maximum Gasteiger partial charge on any atom is 0.311 e. The van der Waals surface area contributed by atoms with Crippen molar-refractivity contribution >= 4 is 5.97 Å². The Morgan fingerprint density at radius 1 is 1.35 bits per heavy atom. The number of rotatable bonds is 4. The lowest BCUT2D eigenvalue weighted by Gasteiger charge is -1.98. The third kappa shape index (κ3) is 3.17. The van der Waals surface area contributed by atoms with Crippen LogP contribution in [0.1, 0.15) is 22.8 Å². The van der Waals surface area contributed by atoms with Crippen molar-refractivity contribution in [2.45, 2.75) is 19.8 Å². The lowest BCUT2D eigenvalue weighted by molar-refractivity contribution is -0.136. The van der Waals surface area contributed by atoms with Crippen LogP contribution in [-0.4, -0.2) is 16.1 Å². The molecule has 0 bridgehead atoms. The predicted molar refractivity (Wildman–Crippen MR) is 61.8 cm³/mol. The molecule has 17 heavy (non-hydrogen) atoms. The summed E-state index contributed by atoms with van der Waals surface area (Å²) in [6, 6.07) is 8.07. The third-order valence-electron chi connectivity index (χ3n) is 2.40. The first-order valence-corrected chi connectivity index (χ1v) is 5.34. The van der Waals surface area contributed by atoms with Crippen LogP contribution in [0.5, 0.6) is 0 Å². The SMILES string of the molecule is Cc1ccc(Cc2ncc(CC(=O)O)o2)cc1. The Kier molecular flexibility index (Phi) is 3.23. The molecule has 4 heteroatoms. The van der Waals surface area contributed by atoms with Gasteiger partial charge in [-0.1, -0.05) is 29.8 Å². The van der Waals surface area contributed by atoms with Crippen molar-refractivity contribution in [1.29, 1.82) is 0 Å². The molecule has 2 aromatic rings. The maximum atomic E-state index is 10.5. The Balaban J connectivity index is 2.06. The van der Waals surface area contributed by atoms with Gasteiger partial charge in [-0.05, 0) is 12.5 Å². The van der Waals surface area contributed by atoms with Crippen molar-refractivity contribution in [3.8, 4) is 0 Å². The minimum atomic E-state index is -0.914. The summed E-state index contributed by atoms with van der Waals surface area (Å²) in [5, 5.41) is 8.61. The summed E-state index contributed by atoms with van der Waals surface area (Å²) in [6.45, 7) is 2.03. The molecule has 0 fully saturated rings. The molecule has 0 aliphatic carbocycles. The molecule has 0 aliphatic rings. The Morgan fingerprint density at radius 3 is 2.71 bits per heavy atom. The van der Waals surface area contributed by atoms with Crippen molar-refractivity contribution in [3.63, 3.8) is 0 Å². The molecule has 0 atom stereocenters. The van der Waals surface area contributed by atoms with Crippen LogP contribution in [0.4, 0.5) is 0 Å². The fourth-order valence-corrected chi connectivity index (χ4v) is 1.54. The molecular weight excluding hydrogens is 218 g/mol. The number of carbonyl (C=O) groups is 1. The number of hydrogen-bond acceptors (Lipinski definition) is 3. The van der Waals surface area contributed by atoms with Gasteiger partial charge in [-0.15, -0.1) is 0 Å². The van der Waals surface area contributed by atoms with E-state index in [0.29, 0.717) is 18.1 Å². The lowest BCUT2D eigenvalue weighted by Crippen LogP contribution is -1.98. The highest BCUT2D eigenvalue weighted by atomic mass is 16.4. The van der Waals surface area contributed by atoms with E-state index in [1.807, 2.05) is 31.2 Å². The molecule has 0 saturated carbocycles. The first kappa shape index (κ1) is 11.4. The number of carboxylic acid groups (broad SMARTS) is 1. The average Bonchev–Trinajstić information content (AvgIpc) is 2.68. The molecule has 1 aromatic carbocycles. The van der Waals surface area contributed by atoms with Crippen molar-refractivity contribution in [2.24, 2.45) is 0 Å². The summed E-state index contributed by atoms with van der Waals surface area (Å²) >= 11 is 0. The first-order valence-electron chi connectivity index (χ1n) is 5.34. The van der Waals surface area contributed by atoms with Gasteiger partial charge < -0.3 is 9.52 Å². The number of aliphatic carboxylic acids is 1. The van der Waals surface area contributed by atoms with Gasteiger partial charge in [0.15, 0.2) is 5.89 Å². The van der Waals surface area contributed by atoms with E-state index in [1.165, 1.54) is 11.8 Å². The molecular formula is C13H13NO3. The topological polar surface area (TPSA) is 63.3 Å². The van der Waals surface area contributed by atoms with Gasteiger partial charge in [0.1, 0.15) is 12.2 Å². The molecule has 4 nitrogen and oxygen atoms in total. The molecule has 2 rings (SSSR count). The summed E-state index contributed by atoms with van der Waals surface area (Å²) in [5.74, 6) is 0.0211. The second-order valence-electron chi connectivity index (χ2n) is 3.95. The zero-order valence-electron chi connectivity index (χ0n) is 9.51. The van der Waals surface area contributed by atoms with Crippen LogP contribution < -0.4 is 0 Å². The number of hydrogen-bond donors (Lipinski definition) is 1. The molecule has 0 spiro atoms. The van der Waals surface area contributed by atoms with Crippen LogP contribution in [0.15, 0.2) is 34.9 Å². The van der Waals surface area contributed by atoms with E-state index in [-0.39, 0.29) is 6.42 Å². The number of aryl methyl sites for hydroxylation is 1. The zero-order valence-corrected chi connectivity index (χ0v) is 9.51. The van der Waals surface area contributed by atoms with E-state index in [4.69, 9.17) is 9.52 Å². The summed E-state index contributed by atoms with van der Waals surface area (Å²) in [4.78, 5) is 14.5. The van der Waals surface area contributed by atoms with Gasteiger partial charge in [-0.25, -0.2) is 4.98 Å². The fraction of sp³-hybridized carbons (Fsp3) is 0.231. The summed E-state index contributed by atoms with van der Waals surface area (Å²) < 4.78 is 5.34. The zero-order chi connectivity index (χ0) is 12.3. The monoisotopic (exact) mass is 231 g/mol. The second-order valence-corrected chi connectivity index (χ2v) is 3.95. The quantitative estimate of drug-likeness (QED) is 0.876. The van der Waals surface area contributed by atoms with Crippen molar-refractivity contribution < 1.29 is 14.3 Å². The van der Waals surface area contributed by atoms with Gasteiger partial charge in [0.05, 0.1) is 6.20 Å². The minimum absolute atomic E-state index is 0.124. The maximum absolute atomic E-state index is 10.5. The lowest BCUT2D eigenvalue weighted by atomic mass is 10.1. The van der Waals surface area contributed by atoms with Gasteiger partial charge in [0, 0.05) is 6.42 Å². The number of nitrogens with zero attached hydrogens (tertiary/aromatic N) is 1. The van der Waals surface area contributed by atoms with E-state index in [9.17, 15) is 4.79 Å². The van der Waals surface area contributed by atoms with E-state index < -0.39 is 5.97 Å². The molecule has 1 aromatic heterocycles. The van der Waals surface area contributed by atoms with Gasteiger partial charge in [0.2, 0.25) is 0 Å². The van der Waals surface area contributed by atoms with Crippen molar-refractivity contribution in [1.82, 2.24) is 4.98 Å². The summed E-state index contributed by atoms with van der Waals surface area (Å²) in [5.41, 5.74) is 2.30. The number of oxazole rings is 1. The Hall–Kier alpha value is -2.10. The molecule has 0 saturated heterocycles. The van der Waals surface area contributed by atoms with Crippen LogP contribution in [0, 0.1) is 6.92 Å². The van der Waals surface area contributed by atoms with E-state index >= 15 is 0 Å². The fourth-order valence-electron chi connectivity index (χ4n) is 1.54. The average molecular weight is 231 g/mol. The van der Waals surface area contributed by atoms with E-state index in [2.05, 4.69) is 4.98 Å². The number of aromatic nitrogens is 1. The number of benzene rings is 1. The highest BCUT2D eigenvalue weighted by Gasteiger charge is 2.08. The van der Waals surface area contributed by atoms with Gasteiger partial charge >= 0.3 is 5.97 Å². The Morgan fingerprint density at radius 2 is 2.06 bits per heavy atom. The highest BCUT2D eigenvalue weighted by Crippen LogP contribution is 2.11. The van der Waals surface area contributed by atoms with Gasteiger partial charge in [0.25, 0.3) is 0 Å². The van der Waals surface area contributed by atoms with Crippen molar-refractivity contribution in [2.75, 3.05) is 0 Å². The van der Waals surface area contributed by atoms with Crippen LogP contribution in [0.25, 0.3) is 0 Å².